The molecular formula is C13H17ClN2O2S. The highest BCUT2D eigenvalue weighted by molar-refractivity contribution is 8.00. The summed E-state index contributed by atoms with van der Waals surface area (Å²) < 4.78 is 5.47. The molecule has 2 rings (SSSR count). The summed E-state index contributed by atoms with van der Waals surface area (Å²) >= 11 is 7.19. The fourth-order valence-corrected chi connectivity index (χ4v) is 2.75. The van der Waals surface area contributed by atoms with Gasteiger partial charge in [-0.15, -0.1) is 0 Å². The maximum Gasteiger partial charge on any atom is 0.233 e. The Hall–Kier alpha value is -0.780. The fourth-order valence-electron chi connectivity index (χ4n) is 1.83. The summed E-state index contributed by atoms with van der Waals surface area (Å²) in [5, 5.41) is 4.12. The van der Waals surface area contributed by atoms with Gasteiger partial charge in [0.2, 0.25) is 5.91 Å². The summed E-state index contributed by atoms with van der Waals surface area (Å²) in [5.74, 6) is 0.0113. The Labute approximate surface area is 122 Å². The molecule has 0 bridgehead atoms. The molecule has 1 aliphatic heterocycles. The molecule has 1 amide bonds. The van der Waals surface area contributed by atoms with Crippen molar-refractivity contribution in [3.63, 3.8) is 0 Å². The molecule has 19 heavy (non-hydrogen) atoms. The van der Waals surface area contributed by atoms with Crippen molar-refractivity contribution >= 4 is 29.3 Å². The molecule has 1 fully saturated rings. The van der Waals surface area contributed by atoms with Crippen LogP contribution in [0.5, 0.6) is 0 Å². The number of ether oxygens (including phenoxy) is 1. The van der Waals surface area contributed by atoms with E-state index in [4.69, 9.17) is 16.3 Å². The Morgan fingerprint density at radius 2 is 2.53 bits per heavy atom. The van der Waals surface area contributed by atoms with E-state index < -0.39 is 0 Å². The first kappa shape index (κ1) is 14.6. The van der Waals surface area contributed by atoms with Crippen molar-refractivity contribution in [2.45, 2.75) is 36.1 Å². The van der Waals surface area contributed by atoms with Gasteiger partial charge in [-0.3, -0.25) is 4.79 Å². The van der Waals surface area contributed by atoms with E-state index >= 15 is 0 Å². The van der Waals surface area contributed by atoms with Gasteiger partial charge >= 0.3 is 0 Å². The zero-order valence-electron chi connectivity index (χ0n) is 10.8. The predicted molar refractivity (Wildman–Crippen MR) is 76.5 cm³/mol. The molecule has 1 N–H and O–H groups in total. The van der Waals surface area contributed by atoms with Gasteiger partial charge in [0.25, 0.3) is 0 Å². The molecule has 4 nitrogen and oxygen atoms in total. The van der Waals surface area contributed by atoms with Gasteiger partial charge in [-0.25, -0.2) is 4.98 Å². The van der Waals surface area contributed by atoms with Gasteiger partial charge in [0, 0.05) is 19.3 Å². The van der Waals surface area contributed by atoms with Crippen LogP contribution < -0.4 is 5.32 Å². The summed E-state index contributed by atoms with van der Waals surface area (Å²) in [6, 6.07) is 3.59. The topological polar surface area (TPSA) is 51.2 Å². The minimum atomic E-state index is -0.185. The standard InChI is InChI=1S/C13H17ClN2O2S/c1-9(19-12-5-4-10(14)7-15-12)13(17)16-8-11-3-2-6-18-11/h4-5,7,9,11H,2-3,6,8H2,1H3,(H,16,17)/t9-,11-/m0/s1. The average Bonchev–Trinajstić information content (AvgIpc) is 2.91. The average molecular weight is 301 g/mol. The molecule has 0 saturated carbocycles. The molecule has 0 aliphatic carbocycles. The Kier molecular flexibility index (Phi) is 5.48. The molecule has 0 radical (unpaired) electrons. The van der Waals surface area contributed by atoms with Crippen LogP contribution in [0.1, 0.15) is 19.8 Å². The van der Waals surface area contributed by atoms with Gasteiger partial charge in [0.05, 0.1) is 21.4 Å². The lowest BCUT2D eigenvalue weighted by atomic mass is 10.2. The van der Waals surface area contributed by atoms with Crippen LogP contribution in [0, 0.1) is 0 Å². The van der Waals surface area contributed by atoms with Gasteiger partial charge in [-0.1, -0.05) is 23.4 Å². The molecule has 1 saturated heterocycles. The van der Waals surface area contributed by atoms with Crippen LogP contribution in [0.4, 0.5) is 0 Å². The predicted octanol–water partition coefficient (Wildman–Crippen LogP) is 2.51. The monoisotopic (exact) mass is 300 g/mol. The number of nitrogens with one attached hydrogen (secondary N) is 1. The van der Waals surface area contributed by atoms with Gasteiger partial charge in [-0.2, -0.15) is 0 Å². The highest BCUT2D eigenvalue weighted by atomic mass is 35.5. The van der Waals surface area contributed by atoms with E-state index in [9.17, 15) is 4.79 Å². The Bertz CT molecular complexity index is 421. The van der Waals surface area contributed by atoms with Crippen LogP contribution in [0.3, 0.4) is 0 Å². The second kappa shape index (κ2) is 7.12. The van der Waals surface area contributed by atoms with Gasteiger partial charge < -0.3 is 10.1 Å². The van der Waals surface area contributed by atoms with Crippen LogP contribution in [-0.2, 0) is 9.53 Å². The first-order valence-corrected chi connectivity index (χ1v) is 7.58. The molecule has 6 heteroatoms. The maximum absolute atomic E-state index is 11.9. The highest BCUT2D eigenvalue weighted by Gasteiger charge is 2.19. The summed E-state index contributed by atoms with van der Waals surface area (Å²) in [5.41, 5.74) is 0. The molecule has 0 spiro atoms. The number of halogens is 1. The van der Waals surface area contributed by atoms with E-state index in [0.29, 0.717) is 11.6 Å². The lowest BCUT2D eigenvalue weighted by Crippen LogP contribution is -2.36. The van der Waals surface area contributed by atoms with Gasteiger partial charge in [-0.05, 0) is 31.9 Å². The fraction of sp³-hybridized carbons (Fsp3) is 0.538. The third-order valence-corrected chi connectivity index (χ3v) is 4.17. The molecular weight excluding hydrogens is 284 g/mol. The molecule has 104 valence electrons. The number of nitrogens with zero attached hydrogens (tertiary/aromatic N) is 1. The van der Waals surface area contributed by atoms with Gasteiger partial charge in [0.1, 0.15) is 0 Å². The van der Waals surface area contributed by atoms with Crippen LogP contribution in [0.2, 0.25) is 5.02 Å². The second-order valence-electron chi connectivity index (χ2n) is 4.45. The quantitative estimate of drug-likeness (QED) is 0.849. The van der Waals surface area contributed by atoms with E-state index in [1.54, 1.807) is 12.3 Å². The molecule has 0 unspecified atom stereocenters. The first-order chi connectivity index (χ1) is 9.15. The molecule has 2 heterocycles. The third-order valence-electron chi connectivity index (χ3n) is 2.89. The summed E-state index contributed by atoms with van der Waals surface area (Å²) in [4.78, 5) is 16.1. The molecule has 1 aliphatic rings. The number of hydrogen-bond acceptors (Lipinski definition) is 4. The van der Waals surface area contributed by atoms with Crippen molar-refractivity contribution in [2.24, 2.45) is 0 Å². The third kappa shape index (κ3) is 4.67. The first-order valence-electron chi connectivity index (χ1n) is 6.32. The van der Waals surface area contributed by atoms with E-state index in [1.807, 2.05) is 13.0 Å². The second-order valence-corrected chi connectivity index (χ2v) is 6.25. The smallest absolute Gasteiger partial charge is 0.233 e. The maximum atomic E-state index is 11.9. The van der Waals surface area contributed by atoms with Gasteiger partial charge in [0.15, 0.2) is 0 Å². The molecule has 1 aromatic heterocycles. The normalized spacial score (nSPS) is 20.2. The van der Waals surface area contributed by atoms with Crippen molar-refractivity contribution in [3.05, 3.63) is 23.4 Å². The van der Waals surface area contributed by atoms with Crippen molar-refractivity contribution in [1.82, 2.24) is 10.3 Å². The number of rotatable bonds is 5. The molecule has 0 aromatic carbocycles. The lowest BCUT2D eigenvalue weighted by Gasteiger charge is -2.14. The van der Waals surface area contributed by atoms with E-state index in [0.717, 1.165) is 24.5 Å². The van der Waals surface area contributed by atoms with Crippen LogP contribution in [-0.4, -0.2) is 35.4 Å². The van der Waals surface area contributed by atoms with Crippen molar-refractivity contribution in [1.29, 1.82) is 0 Å². The van der Waals surface area contributed by atoms with Crippen LogP contribution >= 0.6 is 23.4 Å². The molecule has 2 atom stereocenters. The number of thioether (sulfide) groups is 1. The summed E-state index contributed by atoms with van der Waals surface area (Å²) in [6.45, 7) is 3.27. The number of carbonyl (C=O) groups is 1. The zero-order chi connectivity index (χ0) is 13.7. The summed E-state index contributed by atoms with van der Waals surface area (Å²) in [7, 11) is 0. The van der Waals surface area contributed by atoms with E-state index in [-0.39, 0.29) is 17.3 Å². The minimum absolute atomic E-state index is 0.0113. The Morgan fingerprint density at radius 3 is 3.16 bits per heavy atom. The number of carbonyl (C=O) groups excluding carboxylic acids is 1. The van der Waals surface area contributed by atoms with E-state index in [1.165, 1.54) is 11.8 Å². The van der Waals surface area contributed by atoms with Crippen molar-refractivity contribution < 1.29 is 9.53 Å². The number of aromatic nitrogens is 1. The Balaban J connectivity index is 1.76. The SMILES string of the molecule is C[C@H](Sc1ccc(Cl)cn1)C(=O)NC[C@@H]1CCCO1. The van der Waals surface area contributed by atoms with Crippen molar-refractivity contribution in [2.75, 3.05) is 13.2 Å². The summed E-state index contributed by atoms with van der Waals surface area (Å²) in [6.07, 6.45) is 3.87. The largest absolute Gasteiger partial charge is 0.376 e. The van der Waals surface area contributed by atoms with Crippen LogP contribution in [0.25, 0.3) is 0 Å². The zero-order valence-corrected chi connectivity index (χ0v) is 12.3. The Morgan fingerprint density at radius 1 is 1.68 bits per heavy atom. The lowest BCUT2D eigenvalue weighted by molar-refractivity contribution is -0.120. The number of pyridine rings is 1. The van der Waals surface area contributed by atoms with E-state index in [2.05, 4.69) is 10.3 Å². The minimum Gasteiger partial charge on any atom is -0.376 e. The van der Waals surface area contributed by atoms with Crippen molar-refractivity contribution in [3.8, 4) is 0 Å². The number of hydrogen-bond donors (Lipinski definition) is 1. The molecule has 1 aromatic rings. The number of amides is 1. The highest BCUT2D eigenvalue weighted by Crippen LogP contribution is 2.22. The van der Waals surface area contributed by atoms with Crippen LogP contribution in [0.15, 0.2) is 23.4 Å².